The fourth-order valence-electron chi connectivity index (χ4n) is 2.98. The zero-order valence-electron chi connectivity index (χ0n) is 16.1. The van der Waals surface area contributed by atoms with E-state index in [4.69, 9.17) is 9.47 Å². The number of rotatable bonds is 7. The summed E-state index contributed by atoms with van der Waals surface area (Å²) in [5.41, 5.74) is 1.11. The van der Waals surface area contributed by atoms with E-state index in [-0.39, 0.29) is 18.1 Å². The van der Waals surface area contributed by atoms with E-state index in [1.807, 2.05) is 32.0 Å². The second-order valence-electron chi connectivity index (χ2n) is 6.54. The molecule has 0 aromatic heterocycles. The minimum atomic E-state index is -0.203. The van der Waals surface area contributed by atoms with Crippen molar-refractivity contribution in [2.45, 2.75) is 38.8 Å². The molecule has 0 amide bonds. The van der Waals surface area contributed by atoms with Crippen molar-refractivity contribution in [3.63, 3.8) is 0 Å². The summed E-state index contributed by atoms with van der Waals surface area (Å²) in [5, 5.41) is 6.59. The number of para-hydroxylation sites is 2. The first kappa shape index (κ1) is 19.9. The molecule has 0 spiro atoms. The van der Waals surface area contributed by atoms with Gasteiger partial charge in [0.1, 0.15) is 5.75 Å². The number of esters is 1. The Morgan fingerprint density at radius 3 is 2.85 bits per heavy atom. The Morgan fingerprint density at radius 2 is 2.15 bits per heavy atom. The van der Waals surface area contributed by atoms with E-state index in [1.54, 1.807) is 14.2 Å². The molecular formula is C19H30N4O3. The first-order valence-electron chi connectivity index (χ1n) is 9.08. The predicted octanol–water partition coefficient (Wildman–Crippen LogP) is 1.78. The summed E-state index contributed by atoms with van der Waals surface area (Å²) in [5.74, 6) is 1.39. The molecule has 144 valence electrons. The van der Waals surface area contributed by atoms with Crippen molar-refractivity contribution in [3.05, 3.63) is 24.3 Å². The number of anilines is 1. The number of aliphatic imine (C=N–C) groups is 1. The monoisotopic (exact) mass is 362 g/mol. The molecule has 0 saturated carbocycles. The summed E-state index contributed by atoms with van der Waals surface area (Å²) in [7, 11) is 3.43. The zero-order valence-corrected chi connectivity index (χ0v) is 16.1. The standard InChI is InChI=1S/C19H30N4O3/c1-14(2)26-18(24)9-11-21-19(20-3)22-15-10-12-23(13-15)16-7-5-6-8-17(16)25-4/h5-8,14-15H,9-13H2,1-4H3,(H2,20,21,22). The minimum absolute atomic E-state index is 0.0839. The third kappa shape index (κ3) is 5.82. The van der Waals surface area contributed by atoms with Crippen LogP contribution in [-0.2, 0) is 9.53 Å². The number of nitrogens with one attached hydrogen (secondary N) is 2. The van der Waals surface area contributed by atoms with Crippen LogP contribution >= 0.6 is 0 Å². The Balaban J connectivity index is 1.80. The molecule has 7 heteroatoms. The number of ether oxygens (including phenoxy) is 2. The molecule has 1 aliphatic rings. The van der Waals surface area contributed by atoms with Crippen molar-refractivity contribution in [1.29, 1.82) is 0 Å². The molecule has 1 aromatic rings. The molecule has 0 bridgehead atoms. The van der Waals surface area contributed by atoms with E-state index in [0.29, 0.717) is 18.9 Å². The molecule has 1 aliphatic heterocycles. The maximum atomic E-state index is 11.6. The van der Waals surface area contributed by atoms with E-state index in [9.17, 15) is 4.79 Å². The first-order valence-corrected chi connectivity index (χ1v) is 9.08. The third-order valence-corrected chi connectivity index (χ3v) is 4.17. The molecule has 0 aliphatic carbocycles. The van der Waals surface area contributed by atoms with Gasteiger partial charge in [-0.3, -0.25) is 9.79 Å². The van der Waals surface area contributed by atoms with Crippen LogP contribution in [0.15, 0.2) is 29.3 Å². The highest BCUT2D eigenvalue weighted by Gasteiger charge is 2.25. The van der Waals surface area contributed by atoms with Crippen LogP contribution in [0, 0.1) is 0 Å². The van der Waals surface area contributed by atoms with Gasteiger partial charge in [0.15, 0.2) is 5.96 Å². The zero-order chi connectivity index (χ0) is 18.9. The molecule has 26 heavy (non-hydrogen) atoms. The van der Waals surface area contributed by atoms with Gasteiger partial charge in [0.05, 0.1) is 25.3 Å². The second-order valence-corrected chi connectivity index (χ2v) is 6.54. The number of hydrogen-bond donors (Lipinski definition) is 2. The summed E-state index contributed by atoms with van der Waals surface area (Å²) in [6.07, 6.45) is 1.24. The molecule has 1 aromatic carbocycles. The SMILES string of the molecule is CN=C(NCCC(=O)OC(C)C)NC1CCN(c2ccccc2OC)C1. The lowest BCUT2D eigenvalue weighted by atomic mass is 10.2. The number of methoxy groups -OCH3 is 1. The van der Waals surface area contributed by atoms with Gasteiger partial charge in [0.25, 0.3) is 0 Å². The number of guanidine groups is 1. The first-order chi connectivity index (χ1) is 12.5. The van der Waals surface area contributed by atoms with Crippen LogP contribution in [0.5, 0.6) is 5.75 Å². The van der Waals surface area contributed by atoms with Crippen molar-refractivity contribution in [2.75, 3.05) is 38.7 Å². The molecule has 0 radical (unpaired) electrons. The van der Waals surface area contributed by atoms with Crippen LogP contribution in [0.1, 0.15) is 26.7 Å². The highest BCUT2D eigenvalue weighted by atomic mass is 16.5. The van der Waals surface area contributed by atoms with E-state index in [1.165, 1.54) is 0 Å². The number of benzene rings is 1. The largest absolute Gasteiger partial charge is 0.495 e. The Labute approximate surface area is 155 Å². The lowest BCUT2D eigenvalue weighted by molar-refractivity contribution is -0.147. The van der Waals surface area contributed by atoms with Gasteiger partial charge in [-0.05, 0) is 32.4 Å². The molecule has 2 N–H and O–H groups in total. The van der Waals surface area contributed by atoms with Gasteiger partial charge in [-0.25, -0.2) is 0 Å². The van der Waals surface area contributed by atoms with Crippen LogP contribution < -0.4 is 20.3 Å². The predicted molar refractivity (Wildman–Crippen MR) is 104 cm³/mol. The van der Waals surface area contributed by atoms with Crippen LogP contribution in [0.2, 0.25) is 0 Å². The smallest absolute Gasteiger partial charge is 0.307 e. The molecule has 2 rings (SSSR count). The molecule has 1 heterocycles. The van der Waals surface area contributed by atoms with E-state index in [2.05, 4.69) is 26.6 Å². The maximum absolute atomic E-state index is 11.6. The van der Waals surface area contributed by atoms with Crippen molar-refractivity contribution >= 4 is 17.6 Å². The second kappa shape index (κ2) is 9.89. The number of nitrogens with zero attached hydrogens (tertiary/aromatic N) is 2. The van der Waals surface area contributed by atoms with Gasteiger partial charge in [-0.15, -0.1) is 0 Å². The van der Waals surface area contributed by atoms with Gasteiger partial charge in [0.2, 0.25) is 0 Å². The highest BCUT2D eigenvalue weighted by molar-refractivity contribution is 5.80. The van der Waals surface area contributed by atoms with Crippen molar-refractivity contribution in [2.24, 2.45) is 4.99 Å². The molecule has 7 nitrogen and oxygen atoms in total. The number of hydrogen-bond acceptors (Lipinski definition) is 5. The lowest BCUT2D eigenvalue weighted by Crippen LogP contribution is -2.45. The van der Waals surface area contributed by atoms with Crippen molar-refractivity contribution < 1.29 is 14.3 Å². The molecule has 1 fully saturated rings. The topological polar surface area (TPSA) is 75.2 Å². The quantitative estimate of drug-likeness (QED) is 0.438. The van der Waals surface area contributed by atoms with Crippen molar-refractivity contribution in [3.8, 4) is 5.75 Å². The Kier molecular flexibility index (Phi) is 7.56. The maximum Gasteiger partial charge on any atom is 0.307 e. The summed E-state index contributed by atoms with van der Waals surface area (Å²) >= 11 is 0. The lowest BCUT2D eigenvalue weighted by Gasteiger charge is -2.22. The van der Waals surface area contributed by atoms with E-state index < -0.39 is 0 Å². The molecule has 1 atom stereocenters. The van der Waals surface area contributed by atoms with Crippen LogP contribution in [0.3, 0.4) is 0 Å². The minimum Gasteiger partial charge on any atom is -0.495 e. The summed E-state index contributed by atoms with van der Waals surface area (Å²) in [4.78, 5) is 18.1. The van der Waals surface area contributed by atoms with Crippen LogP contribution in [0.25, 0.3) is 0 Å². The number of carbonyl (C=O) groups excluding carboxylic acids is 1. The fourth-order valence-corrected chi connectivity index (χ4v) is 2.98. The Bertz CT molecular complexity index is 619. The normalized spacial score (nSPS) is 17.3. The Hall–Kier alpha value is -2.44. The summed E-state index contributed by atoms with van der Waals surface area (Å²) in [6, 6.07) is 8.34. The van der Waals surface area contributed by atoms with Gasteiger partial charge in [-0.1, -0.05) is 12.1 Å². The van der Waals surface area contributed by atoms with Gasteiger partial charge >= 0.3 is 5.97 Å². The molecule has 1 saturated heterocycles. The Morgan fingerprint density at radius 1 is 1.38 bits per heavy atom. The van der Waals surface area contributed by atoms with E-state index in [0.717, 1.165) is 30.9 Å². The van der Waals surface area contributed by atoms with Gasteiger partial charge in [-0.2, -0.15) is 0 Å². The molecule has 1 unspecified atom stereocenters. The fraction of sp³-hybridized carbons (Fsp3) is 0.579. The third-order valence-electron chi connectivity index (χ3n) is 4.17. The highest BCUT2D eigenvalue weighted by Crippen LogP contribution is 2.30. The van der Waals surface area contributed by atoms with Crippen LogP contribution in [0.4, 0.5) is 5.69 Å². The van der Waals surface area contributed by atoms with Gasteiger partial charge in [0, 0.05) is 32.7 Å². The summed E-state index contributed by atoms with van der Waals surface area (Å²) < 4.78 is 10.6. The average molecular weight is 362 g/mol. The van der Waals surface area contributed by atoms with Crippen LogP contribution in [-0.4, -0.2) is 57.9 Å². The molecular weight excluding hydrogens is 332 g/mol. The average Bonchev–Trinajstić information content (AvgIpc) is 3.08. The number of carbonyl (C=O) groups is 1. The van der Waals surface area contributed by atoms with Gasteiger partial charge < -0.3 is 25.0 Å². The van der Waals surface area contributed by atoms with Crippen molar-refractivity contribution in [1.82, 2.24) is 10.6 Å². The summed E-state index contributed by atoms with van der Waals surface area (Å²) in [6.45, 7) is 6.01. The van der Waals surface area contributed by atoms with E-state index >= 15 is 0 Å².